The van der Waals surface area contributed by atoms with Crippen LogP contribution in [-0.4, -0.2) is 34.6 Å². The number of hydrogen-bond donors (Lipinski definition) is 1. The smallest absolute Gasteiger partial charge is 0.356 e. The summed E-state index contributed by atoms with van der Waals surface area (Å²) in [5, 5.41) is 6.70. The molecule has 3 aromatic heterocycles. The van der Waals surface area contributed by atoms with Crippen LogP contribution in [0.4, 0.5) is 5.82 Å². The van der Waals surface area contributed by atoms with Gasteiger partial charge in [0, 0.05) is 18.0 Å². The molecule has 3 heterocycles. The highest BCUT2D eigenvalue weighted by Crippen LogP contribution is 2.32. The van der Waals surface area contributed by atoms with Crippen molar-refractivity contribution < 1.29 is 14.3 Å². The second-order valence-corrected chi connectivity index (χ2v) is 7.53. The lowest BCUT2D eigenvalue weighted by molar-refractivity contribution is 0.0593. The molecule has 0 radical (unpaired) electrons. The fourth-order valence-corrected chi connectivity index (χ4v) is 3.97. The highest BCUT2D eigenvalue weighted by Gasteiger charge is 2.10. The Morgan fingerprint density at radius 3 is 2.80 bits per heavy atom. The number of nitrogens with zero attached hydrogens (tertiary/aromatic N) is 3. The largest absolute Gasteiger partial charge is 0.464 e. The summed E-state index contributed by atoms with van der Waals surface area (Å²) in [5.41, 5.74) is 1.33. The normalized spacial score (nSPS) is 10.7. The van der Waals surface area contributed by atoms with Crippen LogP contribution < -0.4 is 10.1 Å². The molecule has 0 aliphatic carbocycles. The minimum Gasteiger partial charge on any atom is -0.464 e. The summed E-state index contributed by atoms with van der Waals surface area (Å²) in [6.45, 7) is 0.696. The maximum Gasteiger partial charge on any atom is 0.356 e. The van der Waals surface area contributed by atoms with E-state index in [-0.39, 0.29) is 5.69 Å². The molecule has 9 heteroatoms. The highest BCUT2D eigenvalue weighted by atomic mass is 35.5. The van der Waals surface area contributed by atoms with E-state index in [4.69, 9.17) is 16.3 Å². The Labute approximate surface area is 181 Å². The van der Waals surface area contributed by atoms with Gasteiger partial charge in [0.15, 0.2) is 5.69 Å². The summed E-state index contributed by atoms with van der Waals surface area (Å²) in [5.74, 6) is 1.19. The fourth-order valence-electron chi connectivity index (χ4n) is 2.83. The molecule has 0 aliphatic rings. The molecular formula is C21H17ClN4O3S. The SMILES string of the molecule is COC(=O)c1cccc(Oc2ccc(CCNc3ncnc4scc(Cl)c34)cc2)n1. The Bertz CT molecular complexity index is 1180. The Morgan fingerprint density at radius 1 is 1.17 bits per heavy atom. The van der Waals surface area contributed by atoms with Gasteiger partial charge in [-0.25, -0.2) is 19.7 Å². The third-order valence-corrected chi connectivity index (χ3v) is 5.61. The molecule has 0 unspecified atom stereocenters. The van der Waals surface area contributed by atoms with Crippen LogP contribution in [0.15, 0.2) is 54.2 Å². The molecule has 1 N–H and O–H groups in total. The number of nitrogens with one attached hydrogen (secondary N) is 1. The molecule has 0 bridgehead atoms. The van der Waals surface area contributed by atoms with Crippen molar-refractivity contribution in [3.05, 3.63) is 70.5 Å². The molecule has 1 aromatic carbocycles. The average molecular weight is 441 g/mol. The number of aromatic nitrogens is 3. The van der Waals surface area contributed by atoms with Crippen molar-refractivity contribution in [2.75, 3.05) is 19.0 Å². The lowest BCUT2D eigenvalue weighted by Crippen LogP contribution is -2.07. The number of thiophene rings is 1. The van der Waals surface area contributed by atoms with Gasteiger partial charge in [-0.3, -0.25) is 0 Å². The number of hydrogen-bond acceptors (Lipinski definition) is 8. The van der Waals surface area contributed by atoms with E-state index >= 15 is 0 Å². The number of anilines is 1. The fraction of sp³-hybridized carbons (Fsp3) is 0.143. The minimum absolute atomic E-state index is 0.197. The Balaban J connectivity index is 1.36. The van der Waals surface area contributed by atoms with Gasteiger partial charge in [0.05, 0.1) is 17.5 Å². The van der Waals surface area contributed by atoms with E-state index in [9.17, 15) is 4.79 Å². The summed E-state index contributed by atoms with van der Waals surface area (Å²) in [7, 11) is 1.31. The second-order valence-electron chi connectivity index (χ2n) is 6.26. The van der Waals surface area contributed by atoms with E-state index in [0.717, 1.165) is 28.0 Å². The van der Waals surface area contributed by atoms with Crippen LogP contribution >= 0.6 is 22.9 Å². The molecule has 0 saturated heterocycles. The molecule has 0 atom stereocenters. The number of esters is 1. The molecule has 0 fully saturated rings. The third kappa shape index (κ3) is 4.50. The summed E-state index contributed by atoms with van der Waals surface area (Å²) in [4.78, 5) is 25.1. The number of ether oxygens (including phenoxy) is 2. The number of carbonyl (C=O) groups is 1. The number of rotatable bonds is 7. The van der Waals surface area contributed by atoms with Crippen molar-refractivity contribution in [3.63, 3.8) is 0 Å². The predicted octanol–water partition coefficient (Wildman–Crippen LogP) is 4.97. The molecule has 0 saturated carbocycles. The summed E-state index contributed by atoms with van der Waals surface area (Å²) in [6, 6.07) is 12.6. The molecule has 152 valence electrons. The lowest BCUT2D eigenvalue weighted by atomic mass is 10.1. The first-order valence-electron chi connectivity index (χ1n) is 9.08. The van der Waals surface area contributed by atoms with Gasteiger partial charge in [-0.05, 0) is 30.2 Å². The highest BCUT2D eigenvalue weighted by molar-refractivity contribution is 7.17. The van der Waals surface area contributed by atoms with E-state index in [1.807, 2.05) is 29.6 Å². The van der Waals surface area contributed by atoms with Crippen LogP contribution in [0.5, 0.6) is 11.6 Å². The number of carbonyl (C=O) groups excluding carboxylic acids is 1. The zero-order chi connectivity index (χ0) is 20.9. The van der Waals surface area contributed by atoms with Gasteiger partial charge in [0.1, 0.15) is 22.7 Å². The Kier molecular flexibility index (Phi) is 6.06. The van der Waals surface area contributed by atoms with E-state index in [2.05, 4.69) is 25.0 Å². The topological polar surface area (TPSA) is 86.2 Å². The second kappa shape index (κ2) is 9.06. The van der Waals surface area contributed by atoms with Crippen molar-refractivity contribution in [3.8, 4) is 11.6 Å². The monoisotopic (exact) mass is 440 g/mol. The number of pyridine rings is 1. The third-order valence-electron chi connectivity index (χ3n) is 4.30. The number of halogens is 1. The number of benzene rings is 1. The van der Waals surface area contributed by atoms with Gasteiger partial charge in [0.2, 0.25) is 5.88 Å². The van der Waals surface area contributed by atoms with E-state index in [0.29, 0.717) is 23.2 Å². The van der Waals surface area contributed by atoms with Crippen LogP contribution in [0.25, 0.3) is 10.2 Å². The van der Waals surface area contributed by atoms with Gasteiger partial charge in [-0.1, -0.05) is 29.8 Å². The average Bonchev–Trinajstić information content (AvgIpc) is 3.16. The van der Waals surface area contributed by atoms with Gasteiger partial charge in [-0.2, -0.15) is 0 Å². The summed E-state index contributed by atoms with van der Waals surface area (Å²) >= 11 is 7.73. The van der Waals surface area contributed by atoms with Gasteiger partial charge in [0.25, 0.3) is 0 Å². The summed E-state index contributed by atoms with van der Waals surface area (Å²) < 4.78 is 10.4. The molecular weight excluding hydrogens is 424 g/mol. The van der Waals surface area contributed by atoms with E-state index in [1.54, 1.807) is 18.2 Å². The zero-order valence-electron chi connectivity index (χ0n) is 16.0. The lowest BCUT2D eigenvalue weighted by Gasteiger charge is -2.09. The number of methoxy groups -OCH3 is 1. The molecule has 4 rings (SSSR count). The minimum atomic E-state index is -0.506. The van der Waals surface area contributed by atoms with E-state index in [1.165, 1.54) is 24.8 Å². The molecule has 0 aliphatic heterocycles. The van der Waals surface area contributed by atoms with Crippen LogP contribution in [0.2, 0.25) is 5.02 Å². The molecule has 30 heavy (non-hydrogen) atoms. The summed E-state index contributed by atoms with van der Waals surface area (Å²) in [6.07, 6.45) is 2.33. The Morgan fingerprint density at radius 2 is 2.00 bits per heavy atom. The standard InChI is InChI=1S/C21H17ClN4O3S/c1-28-21(27)16-3-2-4-17(26-16)29-14-7-5-13(6-8-14)9-10-23-19-18-15(22)11-30-20(18)25-12-24-19/h2-8,11-12H,9-10H2,1H3,(H,23,24,25). The van der Waals surface area contributed by atoms with Crippen LogP contribution in [-0.2, 0) is 11.2 Å². The quantitative estimate of drug-likeness (QED) is 0.406. The molecule has 0 spiro atoms. The van der Waals surface area contributed by atoms with Crippen LogP contribution in [0, 0.1) is 0 Å². The predicted molar refractivity (Wildman–Crippen MR) is 117 cm³/mol. The zero-order valence-corrected chi connectivity index (χ0v) is 17.5. The first kappa shape index (κ1) is 20.1. The van der Waals surface area contributed by atoms with Gasteiger partial charge >= 0.3 is 5.97 Å². The van der Waals surface area contributed by atoms with Crippen molar-refractivity contribution in [2.24, 2.45) is 0 Å². The Hall–Kier alpha value is -3.23. The van der Waals surface area contributed by atoms with Crippen molar-refractivity contribution >= 4 is 44.9 Å². The van der Waals surface area contributed by atoms with Gasteiger partial charge < -0.3 is 14.8 Å². The van der Waals surface area contributed by atoms with Crippen molar-refractivity contribution in [2.45, 2.75) is 6.42 Å². The van der Waals surface area contributed by atoms with E-state index < -0.39 is 5.97 Å². The first-order valence-corrected chi connectivity index (χ1v) is 10.3. The maximum absolute atomic E-state index is 11.6. The van der Waals surface area contributed by atoms with Crippen molar-refractivity contribution in [1.29, 1.82) is 0 Å². The molecule has 0 amide bonds. The van der Waals surface area contributed by atoms with Gasteiger partial charge in [-0.15, -0.1) is 11.3 Å². The first-order chi connectivity index (χ1) is 14.6. The maximum atomic E-state index is 11.6. The molecule has 4 aromatic rings. The van der Waals surface area contributed by atoms with Crippen LogP contribution in [0.1, 0.15) is 16.1 Å². The van der Waals surface area contributed by atoms with Crippen LogP contribution in [0.3, 0.4) is 0 Å². The number of fused-ring (bicyclic) bond motifs is 1. The molecule has 7 nitrogen and oxygen atoms in total. The van der Waals surface area contributed by atoms with Crippen molar-refractivity contribution in [1.82, 2.24) is 15.0 Å².